The van der Waals surface area contributed by atoms with Crippen molar-refractivity contribution in [1.82, 2.24) is 5.32 Å². The highest BCUT2D eigenvalue weighted by Crippen LogP contribution is 2.29. The number of carbonyl (C=O) groups is 1. The zero-order valence-electron chi connectivity index (χ0n) is 14.5. The van der Waals surface area contributed by atoms with Crippen LogP contribution >= 0.6 is 11.6 Å². The first kappa shape index (κ1) is 18.5. The number of ether oxygens (including phenoxy) is 1. The van der Waals surface area contributed by atoms with Crippen LogP contribution in [0.5, 0.6) is 0 Å². The number of aryl methyl sites for hydroxylation is 1. The van der Waals surface area contributed by atoms with Crippen LogP contribution in [0.1, 0.15) is 30.5 Å². The van der Waals surface area contributed by atoms with Crippen molar-refractivity contribution in [2.75, 3.05) is 13.2 Å². The van der Waals surface area contributed by atoms with Crippen molar-refractivity contribution in [1.29, 1.82) is 0 Å². The minimum atomic E-state index is -0.234. The van der Waals surface area contributed by atoms with Gasteiger partial charge < -0.3 is 10.1 Å². The molecule has 128 valence electrons. The molecular formula is C20H24ClNO2. The van der Waals surface area contributed by atoms with E-state index >= 15 is 0 Å². The molecule has 0 spiro atoms. The Hall–Kier alpha value is -1.84. The third-order valence-corrected chi connectivity index (χ3v) is 3.97. The van der Waals surface area contributed by atoms with Crippen LogP contribution in [0.25, 0.3) is 11.1 Å². The topological polar surface area (TPSA) is 38.3 Å². The normalized spacial score (nSPS) is 10.7. The maximum atomic E-state index is 11.7. The molecule has 0 bridgehead atoms. The van der Waals surface area contributed by atoms with Gasteiger partial charge in [-0.2, -0.15) is 0 Å². The first-order valence-electron chi connectivity index (χ1n) is 8.29. The molecular weight excluding hydrogens is 322 g/mol. The lowest BCUT2D eigenvalue weighted by molar-refractivity contribution is -0.142. The second-order valence-corrected chi connectivity index (χ2v) is 6.21. The Balaban J connectivity index is 2.37. The zero-order chi connectivity index (χ0) is 17.5. The van der Waals surface area contributed by atoms with Gasteiger partial charge in [-0.05, 0) is 54.8 Å². The number of rotatable bonds is 7. The van der Waals surface area contributed by atoms with Crippen LogP contribution in [-0.2, 0) is 22.5 Å². The van der Waals surface area contributed by atoms with Gasteiger partial charge in [0.25, 0.3) is 0 Å². The van der Waals surface area contributed by atoms with E-state index in [0.29, 0.717) is 11.6 Å². The highest BCUT2D eigenvalue weighted by molar-refractivity contribution is 6.31. The second-order valence-electron chi connectivity index (χ2n) is 5.77. The van der Waals surface area contributed by atoms with Gasteiger partial charge in [-0.1, -0.05) is 48.4 Å². The molecule has 1 N–H and O–H groups in total. The van der Waals surface area contributed by atoms with Gasteiger partial charge in [-0.15, -0.1) is 0 Å². The van der Waals surface area contributed by atoms with Gasteiger partial charge in [0, 0.05) is 11.6 Å². The van der Waals surface area contributed by atoms with Crippen molar-refractivity contribution in [3.63, 3.8) is 0 Å². The average Bonchev–Trinajstić information content (AvgIpc) is 2.52. The molecule has 0 amide bonds. The van der Waals surface area contributed by atoms with Crippen LogP contribution in [0.15, 0.2) is 36.4 Å². The summed E-state index contributed by atoms with van der Waals surface area (Å²) in [5.74, 6) is -0.234. The lowest BCUT2D eigenvalue weighted by atomic mass is 9.95. The van der Waals surface area contributed by atoms with Crippen LogP contribution in [0.4, 0.5) is 0 Å². The number of hydrogen-bond donors (Lipinski definition) is 1. The molecule has 0 atom stereocenters. The van der Waals surface area contributed by atoms with E-state index in [1.54, 1.807) is 6.92 Å². The summed E-state index contributed by atoms with van der Waals surface area (Å²) in [7, 11) is 0. The summed E-state index contributed by atoms with van der Waals surface area (Å²) < 4.78 is 5.03. The molecule has 4 heteroatoms. The van der Waals surface area contributed by atoms with Crippen LogP contribution in [0.2, 0.25) is 5.02 Å². The van der Waals surface area contributed by atoms with Gasteiger partial charge in [0.15, 0.2) is 0 Å². The predicted octanol–water partition coefficient (Wildman–Crippen LogP) is 4.53. The second kappa shape index (κ2) is 8.86. The Kier molecular flexibility index (Phi) is 6.83. The number of carbonyl (C=O) groups excluding carboxylic acids is 1. The summed E-state index contributed by atoms with van der Waals surface area (Å²) >= 11 is 6.28. The van der Waals surface area contributed by atoms with Gasteiger partial charge in [0.1, 0.15) is 0 Å². The summed E-state index contributed by atoms with van der Waals surface area (Å²) in [6, 6.07) is 12.2. The molecule has 0 aliphatic rings. The molecule has 0 radical (unpaired) electrons. The Morgan fingerprint density at radius 3 is 2.67 bits per heavy atom. The van der Waals surface area contributed by atoms with E-state index in [2.05, 4.69) is 37.4 Å². The van der Waals surface area contributed by atoms with E-state index in [0.717, 1.165) is 29.8 Å². The first-order valence-corrected chi connectivity index (χ1v) is 8.67. The number of esters is 1. The largest absolute Gasteiger partial charge is 0.466 e. The van der Waals surface area contributed by atoms with E-state index < -0.39 is 0 Å². The van der Waals surface area contributed by atoms with Gasteiger partial charge in [-0.3, -0.25) is 4.79 Å². The maximum absolute atomic E-state index is 11.7. The lowest BCUT2D eigenvalue weighted by Crippen LogP contribution is -2.12. The fraction of sp³-hybridized carbons (Fsp3) is 0.350. The monoisotopic (exact) mass is 345 g/mol. The Morgan fingerprint density at radius 1 is 1.17 bits per heavy atom. The smallest absolute Gasteiger partial charge is 0.310 e. The maximum Gasteiger partial charge on any atom is 0.310 e. The van der Waals surface area contributed by atoms with E-state index in [-0.39, 0.29) is 12.4 Å². The number of hydrogen-bond acceptors (Lipinski definition) is 3. The molecule has 0 unspecified atom stereocenters. The molecule has 3 nitrogen and oxygen atoms in total. The third kappa shape index (κ3) is 5.08. The molecule has 24 heavy (non-hydrogen) atoms. The minimum absolute atomic E-state index is 0.232. The van der Waals surface area contributed by atoms with Crippen molar-refractivity contribution >= 4 is 17.6 Å². The van der Waals surface area contributed by atoms with Gasteiger partial charge >= 0.3 is 5.97 Å². The molecule has 2 aromatic carbocycles. The molecule has 0 saturated carbocycles. The molecule has 2 aromatic rings. The Labute approximate surface area is 149 Å². The molecule has 0 aliphatic heterocycles. The summed E-state index contributed by atoms with van der Waals surface area (Å²) in [5.41, 5.74) is 5.47. The van der Waals surface area contributed by atoms with Crippen LogP contribution in [-0.4, -0.2) is 19.1 Å². The minimum Gasteiger partial charge on any atom is -0.466 e. The van der Waals surface area contributed by atoms with Crippen molar-refractivity contribution in [3.8, 4) is 11.1 Å². The van der Waals surface area contributed by atoms with Gasteiger partial charge in [0.05, 0.1) is 13.0 Å². The highest BCUT2D eigenvalue weighted by Gasteiger charge is 2.10. The van der Waals surface area contributed by atoms with Crippen molar-refractivity contribution < 1.29 is 9.53 Å². The highest BCUT2D eigenvalue weighted by atomic mass is 35.5. The molecule has 0 aliphatic carbocycles. The fourth-order valence-corrected chi connectivity index (χ4v) is 2.95. The van der Waals surface area contributed by atoms with E-state index in [1.165, 1.54) is 11.1 Å². The third-order valence-electron chi connectivity index (χ3n) is 3.75. The summed E-state index contributed by atoms with van der Waals surface area (Å²) in [5, 5.41) is 4.00. The van der Waals surface area contributed by atoms with E-state index in [9.17, 15) is 4.79 Å². The first-order chi connectivity index (χ1) is 11.5. The van der Waals surface area contributed by atoms with Crippen LogP contribution in [0, 0.1) is 6.92 Å². The molecule has 0 heterocycles. The van der Waals surface area contributed by atoms with Crippen LogP contribution < -0.4 is 5.32 Å². The van der Waals surface area contributed by atoms with Crippen molar-refractivity contribution in [2.24, 2.45) is 0 Å². The van der Waals surface area contributed by atoms with E-state index in [1.807, 2.05) is 18.2 Å². The van der Waals surface area contributed by atoms with Crippen molar-refractivity contribution in [2.45, 2.75) is 33.7 Å². The van der Waals surface area contributed by atoms with Gasteiger partial charge in [-0.25, -0.2) is 0 Å². The number of halogens is 1. The summed E-state index contributed by atoms with van der Waals surface area (Å²) in [4.78, 5) is 11.7. The van der Waals surface area contributed by atoms with E-state index in [4.69, 9.17) is 16.3 Å². The number of nitrogens with one attached hydrogen (secondary N) is 1. The quantitative estimate of drug-likeness (QED) is 0.749. The van der Waals surface area contributed by atoms with Gasteiger partial charge in [0.2, 0.25) is 0 Å². The Bertz CT molecular complexity index is 713. The Morgan fingerprint density at radius 2 is 1.96 bits per heavy atom. The van der Waals surface area contributed by atoms with Crippen LogP contribution in [0.3, 0.4) is 0 Å². The molecule has 0 saturated heterocycles. The standard InChI is InChI=1S/C20H24ClNO2/c1-4-22-13-17-8-14(3)6-7-19(17)16-9-15(10-18(21)12-16)11-20(23)24-5-2/h6-10,12,22H,4-5,11,13H2,1-3H3. The zero-order valence-corrected chi connectivity index (χ0v) is 15.2. The average molecular weight is 346 g/mol. The predicted molar refractivity (Wildman–Crippen MR) is 99.3 cm³/mol. The number of benzene rings is 2. The SMILES string of the molecule is CCNCc1cc(C)ccc1-c1cc(Cl)cc(CC(=O)OCC)c1. The molecule has 0 fully saturated rings. The molecule has 2 rings (SSSR count). The molecule has 0 aromatic heterocycles. The lowest BCUT2D eigenvalue weighted by Gasteiger charge is -2.13. The summed E-state index contributed by atoms with van der Waals surface area (Å²) in [6.45, 7) is 8.08. The fourth-order valence-electron chi connectivity index (χ4n) is 2.70. The summed E-state index contributed by atoms with van der Waals surface area (Å²) in [6.07, 6.45) is 0.232. The van der Waals surface area contributed by atoms with Crippen molar-refractivity contribution in [3.05, 3.63) is 58.1 Å².